The summed E-state index contributed by atoms with van der Waals surface area (Å²) >= 11 is 12.0. The number of nitrogens with zero attached hydrogens (tertiary/aromatic N) is 1. The Balaban J connectivity index is 1.52. The Hall–Kier alpha value is -1.07. The van der Waals surface area contributed by atoms with Crippen LogP contribution in [-0.2, 0) is 22.5 Å². The summed E-state index contributed by atoms with van der Waals surface area (Å²) in [6, 6.07) is 5.42. The zero-order chi connectivity index (χ0) is 15.4. The maximum atomic E-state index is 6.15. The molecule has 22 heavy (non-hydrogen) atoms. The van der Waals surface area contributed by atoms with E-state index in [9.17, 15) is 0 Å². The number of hydrogen-bond donors (Lipinski definition) is 1. The first kappa shape index (κ1) is 15.8. The molecule has 0 bridgehead atoms. The normalized spacial score (nSPS) is 21.9. The molecule has 0 unspecified atom stereocenters. The molecule has 0 spiro atoms. The number of aromatic amines is 1. The molecule has 1 aliphatic heterocycles. The molecule has 1 aliphatic rings. The van der Waals surface area contributed by atoms with E-state index in [4.69, 9.17) is 32.7 Å². The van der Waals surface area contributed by atoms with Crippen LogP contribution in [0, 0.1) is 0 Å². The van der Waals surface area contributed by atoms with E-state index >= 15 is 0 Å². The van der Waals surface area contributed by atoms with Crippen molar-refractivity contribution in [2.24, 2.45) is 0 Å². The average molecular weight is 341 g/mol. The summed E-state index contributed by atoms with van der Waals surface area (Å²) in [5.41, 5.74) is 0.919. The molecule has 1 saturated heterocycles. The van der Waals surface area contributed by atoms with Crippen LogP contribution in [0.5, 0.6) is 0 Å². The van der Waals surface area contributed by atoms with Crippen LogP contribution in [0.25, 0.3) is 0 Å². The number of imidazole rings is 1. The molecule has 6 heteroatoms. The quantitative estimate of drug-likeness (QED) is 0.878. The maximum absolute atomic E-state index is 6.15. The van der Waals surface area contributed by atoms with Crippen LogP contribution < -0.4 is 0 Å². The van der Waals surface area contributed by atoms with Crippen molar-refractivity contribution in [3.05, 3.63) is 52.0 Å². The van der Waals surface area contributed by atoms with Crippen LogP contribution in [0.3, 0.4) is 0 Å². The van der Waals surface area contributed by atoms with E-state index in [0.29, 0.717) is 16.7 Å². The average Bonchev–Trinajstić information content (AvgIpc) is 3.00. The molecule has 3 rings (SSSR count). The molecule has 0 radical (unpaired) electrons. The second-order valence-electron chi connectivity index (χ2n) is 5.41. The van der Waals surface area contributed by atoms with Gasteiger partial charge in [-0.1, -0.05) is 29.3 Å². The van der Waals surface area contributed by atoms with Gasteiger partial charge in [-0.05, 0) is 37.0 Å². The number of H-pyrrole nitrogens is 1. The lowest BCUT2D eigenvalue weighted by atomic mass is 10.1. The van der Waals surface area contributed by atoms with Crippen molar-refractivity contribution < 1.29 is 9.47 Å². The summed E-state index contributed by atoms with van der Waals surface area (Å²) < 4.78 is 11.9. The van der Waals surface area contributed by atoms with Gasteiger partial charge >= 0.3 is 0 Å². The molecule has 118 valence electrons. The van der Waals surface area contributed by atoms with Gasteiger partial charge in [0, 0.05) is 28.9 Å². The highest BCUT2D eigenvalue weighted by atomic mass is 35.5. The summed E-state index contributed by atoms with van der Waals surface area (Å²) in [5, 5.41) is 1.25. The van der Waals surface area contributed by atoms with Crippen molar-refractivity contribution in [2.45, 2.75) is 44.7 Å². The van der Waals surface area contributed by atoms with Crippen molar-refractivity contribution in [1.82, 2.24) is 9.97 Å². The molecule has 1 fully saturated rings. The minimum absolute atomic E-state index is 0.144. The molecular weight excluding hydrogens is 323 g/mol. The highest BCUT2D eigenvalue weighted by molar-refractivity contribution is 6.35. The zero-order valence-electron chi connectivity index (χ0n) is 12.1. The summed E-state index contributed by atoms with van der Waals surface area (Å²) in [5.74, 6) is 0.950. The Morgan fingerprint density at radius 2 is 2.23 bits per heavy atom. The number of benzene rings is 1. The standard InChI is InChI=1S/C16H18Cl2N2O2/c17-12-5-4-11(14(18)8-12)10-21-16-3-1-2-13(22-16)9-15-19-6-7-20-15/h4-8,13,16H,1-3,9-10H2,(H,19,20)/t13-,16-/m1/s1. The van der Waals surface area contributed by atoms with Gasteiger partial charge in [0.15, 0.2) is 6.29 Å². The largest absolute Gasteiger partial charge is 0.349 e. The number of rotatable bonds is 5. The van der Waals surface area contributed by atoms with Crippen molar-refractivity contribution in [2.75, 3.05) is 0 Å². The third kappa shape index (κ3) is 4.23. The predicted molar refractivity (Wildman–Crippen MR) is 86.1 cm³/mol. The van der Waals surface area contributed by atoms with Crippen LogP contribution in [-0.4, -0.2) is 22.4 Å². The van der Waals surface area contributed by atoms with Gasteiger partial charge in [-0.3, -0.25) is 0 Å². The Bertz CT molecular complexity index is 604. The van der Waals surface area contributed by atoms with E-state index in [1.54, 1.807) is 12.3 Å². The Labute approximate surface area is 139 Å². The molecule has 1 aromatic heterocycles. The van der Waals surface area contributed by atoms with Crippen molar-refractivity contribution in [3.8, 4) is 0 Å². The second-order valence-corrected chi connectivity index (χ2v) is 6.25. The first-order chi connectivity index (χ1) is 10.7. The zero-order valence-corrected chi connectivity index (χ0v) is 13.6. The molecule has 2 aromatic rings. The molecule has 1 N–H and O–H groups in total. The van der Waals surface area contributed by atoms with Crippen LogP contribution in [0.1, 0.15) is 30.7 Å². The van der Waals surface area contributed by atoms with Gasteiger partial charge in [-0.15, -0.1) is 0 Å². The fourth-order valence-corrected chi connectivity index (χ4v) is 3.05. The number of ether oxygens (including phenoxy) is 2. The van der Waals surface area contributed by atoms with Gasteiger partial charge in [-0.25, -0.2) is 4.98 Å². The molecule has 2 heterocycles. The van der Waals surface area contributed by atoms with E-state index in [-0.39, 0.29) is 12.4 Å². The second kappa shape index (κ2) is 7.47. The fourth-order valence-electron chi connectivity index (χ4n) is 2.58. The monoisotopic (exact) mass is 340 g/mol. The predicted octanol–water partition coefficient (Wildman–Crippen LogP) is 4.37. The van der Waals surface area contributed by atoms with Gasteiger partial charge in [0.1, 0.15) is 5.82 Å². The van der Waals surface area contributed by atoms with Crippen molar-refractivity contribution >= 4 is 23.2 Å². The van der Waals surface area contributed by atoms with Gasteiger partial charge in [0.25, 0.3) is 0 Å². The van der Waals surface area contributed by atoms with Gasteiger partial charge in [0.05, 0.1) is 12.7 Å². The molecule has 0 aliphatic carbocycles. The molecular formula is C16H18Cl2N2O2. The fraction of sp³-hybridized carbons (Fsp3) is 0.438. The van der Waals surface area contributed by atoms with Crippen LogP contribution in [0.2, 0.25) is 10.0 Å². The first-order valence-corrected chi connectivity index (χ1v) is 8.15. The smallest absolute Gasteiger partial charge is 0.158 e. The maximum Gasteiger partial charge on any atom is 0.158 e. The molecule has 0 amide bonds. The summed E-state index contributed by atoms with van der Waals surface area (Å²) in [7, 11) is 0. The van der Waals surface area contributed by atoms with Crippen molar-refractivity contribution in [3.63, 3.8) is 0 Å². The van der Waals surface area contributed by atoms with Gasteiger partial charge < -0.3 is 14.5 Å². The van der Waals surface area contributed by atoms with Gasteiger partial charge in [0.2, 0.25) is 0 Å². The summed E-state index contributed by atoms with van der Waals surface area (Å²) in [4.78, 5) is 7.35. The van der Waals surface area contributed by atoms with E-state index in [0.717, 1.165) is 37.1 Å². The first-order valence-electron chi connectivity index (χ1n) is 7.40. The summed E-state index contributed by atoms with van der Waals surface area (Å²) in [6.45, 7) is 0.425. The minimum Gasteiger partial charge on any atom is -0.349 e. The lowest BCUT2D eigenvalue weighted by Gasteiger charge is -2.29. The Morgan fingerprint density at radius 3 is 3.00 bits per heavy atom. The molecule has 1 aromatic carbocycles. The highest BCUT2D eigenvalue weighted by Gasteiger charge is 2.24. The van der Waals surface area contributed by atoms with Crippen molar-refractivity contribution in [1.29, 1.82) is 0 Å². The van der Waals surface area contributed by atoms with E-state index in [1.807, 2.05) is 18.3 Å². The lowest BCUT2D eigenvalue weighted by Crippen LogP contribution is -2.31. The third-order valence-electron chi connectivity index (χ3n) is 3.73. The highest BCUT2D eigenvalue weighted by Crippen LogP contribution is 2.25. The Morgan fingerprint density at radius 1 is 1.32 bits per heavy atom. The van der Waals surface area contributed by atoms with Crippen LogP contribution in [0.4, 0.5) is 0 Å². The van der Waals surface area contributed by atoms with E-state index in [1.165, 1.54) is 0 Å². The van der Waals surface area contributed by atoms with Gasteiger partial charge in [-0.2, -0.15) is 0 Å². The summed E-state index contributed by atoms with van der Waals surface area (Å²) in [6.07, 6.45) is 7.34. The van der Waals surface area contributed by atoms with Crippen LogP contribution in [0.15, 0.2) is 30.6 Å². The number of aromatic nitrogens is 2. The lowest BCUT2D eigenvalue weighted by molar-refractivity contribution is -0.199. The third-order valence-corrected chi connectivity index (χ3v) is 4.31. The number of nitrogens with one attached hydrogen (secondary N) is 1. The molecule has 2 atom stereocenters. The topological polar surface area (TPSA) is 47.1 Å². The Kier molecular flexibility index (Phi) is 5.37. The number of halogens is 2. The molecule has 0 saturated carbocycles. The molecule has 4 nitrogen and oxygen atoms in total. The van der Waals surface area contributed by atoms with E-state index < -0.39 is 0 Å². The number of hydrogen-bond acceptors (Lipinski definition) is 3. The minimum atomic E-state index is -0.194. The van der Waals surface area contributed by atoms with Crippen LogP contribution >= 0.6 is 23.2 Å². The van der Waals surface area contributed by atoms with E-state index in [2.05, 4.69) is 9.97 Å². The SMILES string of the molecule is Clc1ccc(CO[C@H]2CCC[C@H](Cc3ncc[nH]3)O2)c(Cl)c1.